The number of rotatable bonds is 5. The monoisotopic (exact) mass is 551 g/mol. The van der Waals surface area contributed by atoms with Gasteiger partial charge in [0.15, 0.2) is 0 Å². The highest BCUT2D eigenvalue weighted by Gasteiger charge is 2.15. The summed E-state index contributed by atoms with van der Waals surface area (Å²) in [6.45, 7) is 0. The van der Waals surface area contributed by atoms with E-state index in [4.69, 9.17) is 4.42 Å². The Hall–Kier alpha value is -4.07. The number of carbonyl (C=O) groups is 1. The fraction of sp³-hybridized carbons (Fsp3) is 0. The second-order valence-electron chi connectivity index (χ2n) is 8.13. The van der Waals surface area contributed by atoms with E-state index < -0.39 is 0 Å². The van der Waals surface area contributed by atoms with Crippen molar-refractivity contribution in [1.82, 2.24) is 10.2 Å². The second-order valence-corrected chi connectivity index (χ2v) is 9.97. The van der Waals surface area contributed by atoms with E-state index in [0.717, 1.165) is 41.8 Å². The maximum atomic E-state index is 12.8. The molecule has 0 bridgehead atoms. The van der Waals surface area contributed by atoms with E-state index in [9.17, 15) is 4.79 Å². The summed E-state index contributed by atoms with van der Waals surface area (Å²) in [5, 5.41) is 13.3. The summed E-state index contributed by atoms with van der Waals surface area (Å²) >= 11 is 5.14. The number of carbonyl (C=O) groups excluding carboxylic acids is 1. The van der Waals surface area contributed by atoms with Crippen LogP contribution in [0.5, 0.6) is 0 Å². The number of nitrogens with zero attached hydrogens (tertiary/aromatic N) is 2. The fourth-order valence-corrected chi connectivity index (χ4v) is 5.74. The van der Waals surface area contributed by atoms with Crippen LogP contribution >= 0.6 is 27.3 Å². The number of hydrogen-bond acceptors (Lipinski definition) is 5. The van der Waals surface area contributed by atoms with Gasteiger partial charge >= 0.3 is 0 Å². The molecule has 7 heteroatoms. The van der Waals surface area contributed by atoms with Gasteiger partial charge in [-0.05, 0) is 69.5 Å². The van der Waals surface area contributed by atoms with Gasteiger partial charge in [-0.2, -0.15) is 0 Å². The second kappa shape index (κ2) is 9.53. The minimum absolute atomic E-state index is 0.182. The van der Waals surface area contributed by atoms with Crippen LogP contribution in [0.1, 0.15) is 10.4 Å². The minimum atomic E-state index is -0.182. The lowest BCUT2D eigenvalue weighted by atomic mass is 10.0. The molecule has 0 spiro atoms. The zero-order valence-corrected chi connectivity index (χ0v) is 21.2. The van der Waals surface area contributed by atoms with Crippen molar-refractivity contribution in [3.63, 3.8) is 0 Å². The van der Waals surface area contributed by atoms with Crippen molar-refractivity contribution in [3.05, 3.63) is 113 Å². The zero-order valence-electron chi connectivity index (χ0n) is 18.8. The highest BCUT2D eigenvalue weighted by atomic mass is 79.9. The van der Waals surface area contributed by atoms with Crippen molar-refractivity contribution in [1.29, 1.82) is 0 Å². The SMILES string of the molecule is O=C(Nc1sc2ccccc2c1Br)c1ccc(-c2nnc(-c3ccc(-c4ccccc4)cc3)o2)cc1. The van der Waals surface area contributed by atoms with Crippen molar-refractivity contribution in [2.45, 2.75) is 0 Å². The van der Waals surface area contributed by atoms with E-state index in [2.05, 4.69) is 43.6 Å². The topological polar surface area (TPSA) is 68.0 Å². The van der Waals surface area contributed by atoms with Crippen molar-refractivity contribution in [2.75, 3.05) is 5.32 Å². The van der Waals surface area contributed by atoms with Gasteiger partial charge in [0.05, 0.1) is 4.47 Å². The van der Waals surface area contributed by atoms with E-state index in [0.29, 0.717) is 17.3 Å². The number of hydrogen-bond donors (Lipinski definition) is 1. The lowest BCUT2D eigenvalue weighted by molar-refractivity contribution is 0.102. The molecule has 1 N–H and O–H groups in total. The summed E-state index contributed by atoms with van der Waals surface area (Å²) < 4.78 is 7.92. The molecule has 0 fully saturated rings. The van der Waals surface area contributed by atoms with Crippen LogP contribution in [0.4, 0.5) is 5.00 Å². The molecule has 6 rings (SSSR count). The lowest BCUT2D eigenvalue weighted by Crippen LogP contribution is -2.10. The summed E-state index contributed by atoms with van der Waals surface area (Å²) in [6, 6.07) is 33.4. The number of aromatic nitrogens is 2. The van der Waals surface area contributed by atoms with Crippen LogP contribution < -0.4 is 5.32 Å². The summed E-state index contributed by atoms with van der Waals surface area (Å²) in [5.41, 5.74) is 4.40. The van der Waals surface area contributed by atoms with Crippen molar-refractivity contribution < 1.29 is 9.21 Å². The first kappa shape index (κ1) is 22.4. The smallest absolute Gasteiger partial charge is 0.256 e. The Morgan fingerprint density at radius 3 is 1.92 bits per heavy atom. The molecule has 1 amide bonds. The largest absolute Gasteiger partial charge is 0.416 e. The van der Waals surface area contributed by atoms with Crippen LogP contribution in [0, 0.1) is 0 Å². The molecule has 4 aromatic carbocycles. The van der Waals surface area contributed by atoms with Crippen LogP contribution in [0.15, 0.2) is 112 Å². The Kier molecular flexibility index (Phi) is 5.93. The summed E-state index contributed by atoms with van der Waals surface area (Å²) in [5.74, 6) is 0.663. The Morgan fingerprint density at radius 1 is 0.694 bits per heavy atom. The third-order valence-electron chi connectivity index (χ3n) is 5.82. The Morgan fingerprint density at radius 2 is 1.25 bits per heavy atom. The number of thiophene rings is 1. The molecule has 0 saturated carbocycles. The summed E-state index contributed by atoms with van der Waals surface area (Å²) in [7, 11) is 0. The average Bonchev–Trinajstić information content (AvgIpc) is 3.55. The number of nitrogens with one attached hydrogen (secondary N) is 1. The van der Waals surface area contributed by atoms with Gasteiger partial charge in [-0.1, -0.05) is 60.7 Å². The molecule has 6 aromatic rings. The van der Waals surface area contributed by atoms with Crippen LogP contribution in [0.3, 0.4) is 0 Å². The Labute approximate surface area is 219 Å². The molecule has 0 unspecified atom stereocenters. The molecule has 0 saturated heterocycles. The van der Waals surface area contributed by atoms with E-state index in [-0.39, 0.29) is 5.91 Å². The Balaban J connectivity index is 1.17. The van der Waals surface area contributed by atoms with Gasteiger partial charge in [-0.25, -0.2) is 0 Å². The molecule has 0 aliphatic carbocycles. The van der Waals surface area contributed by atoms with E-state index >= 15 is 0 Å². The summed E-state index contributed by atoms with van der Waals surface area (Å²) in [6.07, 6.45) is 0. The predicted molar refractivity (Wildman–Crippen MR) is 148 cm³/mol. The van der Waals surface area contributed by atoms with Gasteiger partial charge in [0.1, 0.15) is 5.00 Å². The van der Waals surface area contributed by atoms with Crippen LogP contribution in [-0.4, -0.2) is 16.1 Å². The molecule has 0 radical (unpaired) electrons. The number of anilines is 1. The number of halogens is 1. The molecule has 174 valence electrons. The van der Waals surface area contributed by atoms with E-state index in [1.807, 2.05) is 78.9 Å². The molecule has 5 nitrogen and oxygen atoms in total. The third-order valence-corrected chi connectivity index (χ3v) is 7.99. The van der Waals surface area contributed by atoms with Crippen molar-refractivity contribution in [2.24, 2.45) is 0 Å². The maximum absolute atomic E-state index is 12.8. The third kappa shape index (κ3) is 4.34. The number of fused-ring (bicyclic) bond motifs is 1. The fourth-order valence-electron chi connectivity index (χ4n) is 3.93. The molecule has 2 aromatic heterocycles. The summed E-state index contributed by atoms with van der Waals surface area (Å²) in [4.78, 5) is 12.8. The number of amides is 1. The van der Waals surface area contributed by atoms with Gasteiger partial charge in [0.25, 0.3) is 5.91 Å². The van der Waals surface area contributed by atoms with Crippen LogP contribution in [0.25, 0.3) is 44.1 Å². The molecule has 0 atom stereocenters. The van der Waals surface area contributed by atoms with Crippen LogP contribution in [-0.2, 0) is 0 Å². The molecule has 2 heterocycles. The molecule has 0 aliphatic rings. The molecular weight excluding hydrogens is 534 g/mol. The predicted octanol–water partition coefficient (Wildman–Crippen LogP) is 8.30. The van der Waals surface area contributed by atoms with Gasteiger partial charge in [0, 0.05) is 26.8 Å². The Bertz CT molecular complexity index is 1670. The standard InChI is InChI=1S/C29H18BrN3O2S/c30-25-23-8-4-5-9-24(23)36-29(25)31-26(34)20-12-16-22(17-13-20)28-33-32-27(35-28)21-14-10-19(11-15-21)18-6-2-1-3-7-18/h1-17H,(H,31,34). The van der Waals surface area contributed by atoms with Crippen LogP contribution in [0.2, 0.25) is 0 Å². The maximum Gasteiger partial charge on any atom is 0.256 e. The molecule has 0 aliphatic heterocycles. The normalized spacial score (nSPS) is 11.0. The van der Waals surface area contributed by atoms with Crippen molar-refractivity contribution >= 4 is 48.3 Å². The quantitative estimate of drug-likeness (QED) is 0.234. The molecule has 36 heavy (non-hydrogen) atoms. The first-order valence-corrected chi connectivity index (χ1v) is 12.8. The van der Waals surface area contributed by atoms with Crippen molar-refractivity contribution in [3.8, 4) is 34.0 Å². The highest BCUT2D eigenvalue weighted by Crippen LogP contribution is 2.39. The minimum Gasteiger partial charge on any atom is -0.416 e. The van der Waals surface area contributed by atoms with Gasteiger partial charge in [0.2, 0.25) is 11.8 Å². The van der Waals surface area contributed by atoms with Gasteiger partial charge in [-0.15, -0.1) is 21.5 Å². The lowest BCUT2D eigenvalue weighted by Gasteiger charge is -2.04. The van der Waals surface area contributed by atoms with Gasteiger partial charge in [-0.3, -0.25) is 4.79 Å². The number of benzene rings is 4. The van der Waals surface area contributed by atoms with E-state index in [1.165, 1.54) is 11.3 Å². The molecular formula is C29H18BrN3O2S. The van der Waals surface area contributed by atoms with Gasteiger partial charge < -0.3 is 9.73 Å². The zero-order chi connectivity index (χ0) is 24.5. The first-order valence-electron chi connectivity index (χ1n) is 11.2. The first-order chi connectivity index (χ1) is 17.7. The average molecular weight is 552 g/mol. The van der Waals surface area contributed by atoms with E-state index in [1.54, 1.807) is 12.1 Å². The highest BCUT2D eigenvalue weighted by molar-refractivity contribution is 9.10.